The number of hydrogen-bond donors (Lipinski definition) is 1. The average Bonchev–Trinajstić information content (AvgIpc) is 2.37. The first-order valence-electron chi connectivity index (χ1n) is 6.29. The molecule has 8 heteroatoms. The standard InChI is InChI=1S/C12H16F3N3O2/c1-19-7-3-2-4-8(5-7)20-10-6-9(12(13,14)15)17-11(16)18-10/h6-8H,2-5H2,1H3,(H2,16,17,18). The minimum absolute atomic E-state index is 0.0648. The number of halogens is 3. The Morgan fingerprint density at radius 1 is 1.25 bits per heavy atom. The molecule has 112 valence electrons. The van der Waals surface area contributed by atoms with Crippen molar-refractivity contribution >= 4 is 5.95 Å². The van der Waals surface area contributed by atoms with E-state index in [0.717, 1.165) is 25.3 Å². The minimum atomic E-state index is -4.57. The van der Waals surface area contributed by atoms with Crippen LogP contribution in [0.3, 0.4) is 0 Å². The number of methoxy groups -OCH3 is 1. The minimum Gasteiger partial charge on any atom is -0.474 e. The lowest BCUT2D eigenvalue weighted by atomic mass is 9.95. The number of anilines is 1. The summed E-state index contributed by atoms with van der Waals surface area (Å²) >= 11 is 0. The molecular weight excluding hydrogens is 275 g/mol. The molecule has 2 unspecified atom stereocenters. The Labute approximate surface area is 114 Å². The van der Waals surface area contributed by atoms with Gasteiger partial charge in [0.05, 0.1) is 6.10 Å². The summed E-state index contributed by atoms with van der Waals surface area (Å²) in [5.74, 6) is -0.597. The molecule has 1 fully saturated rings. The zero-order valence-electron chi connectivity index (χ0n) is 11.0. The van der Waals surface area contributed by atoms with Crippen molar-refractivity contribution in [2.45, 2.75) is 44.1 Å². The van der Waals surface area contributed by atoms with E-state index in [2.05, 4.69) is 9.97 Å². The predicted octanol–water partition coefficient (Wildman–Crippen LogP) is 2.41. The zero-order valence-corrected chi connectivity index (χ0v) is 11.0. The van der Waals surface area contributed by atoms with Crippen LogP contribution in [0.25, 0.3) is 0 Å². The molecule has 1 heterocycles. The number of nitrogens with zero attached hydrogens (tertiary/aromatic N) is 2. The highest BCUT2D eigenvalue weighted by molar-refractivity contribution is 5.27. The molecule has 0 radical (unpaired) electrons. The van der Waals surface area contributed by atoms with Crippen molar-refractivity contribution in [1.29, 1.82) is 0 Å². The molecule has 1 saturated carbocycles. The Morgan fingerprint density at radius 2 is 1.95 bits per heavy atom. The van der Waals surface area contributed by atoms with Gasteiger partial charge in [-0.15, -0.1) is 0 Å². The van der Waals surface area contributed by atoms with E-state index < -0.39 is 17.8 Å². The molecule has 0 saturated heterocycles. The number of ether oxygens (including phenoxy) is 2. The second-order valence-corrected chi connectivity index (χ2v) is 4.71. The number of hydrogen-bond acceptors (Lipinski definition) is 5. The summed E-state index contributed by atoms with van der Waals surface area (Å²) in [6.07, 6.45) is -1.52. The van der Waals surface area contributed by atoms with Crippen LogP contribution >= 0.6 is 0 Å². The Balaban J connectivity index is 2.11. The van der Waals surface area contributed by atoms with Crippen LogP contribution in [-0.4, -0.2) is 29.3 Å². The Morgan fingerprint density at radius 3 is 2.60 bits per heavy atom. The fourth-order valence-corrected chi connectivity index (χ4v) is 2.24. The molecule has 0 bridgehead atoms. The number of rotatable bonds is 3. The fourth-order valence-electron chi connectivity index (χ4n) is 2.24. The summed E-state index contributed by atoms with van der Waals surface area (Å²) in [6.45, 7) is 0. The van der Waals surface area contributed by atoms with E-state index in [1.165, 1.54) is 0 Å². The van der Waals surface area contributed by atoms with Crippen molar-refractivity contribution in [1.82, 2.24) is 9.97 Å². The van der Waals surface area contributed by atoms with Gasteiger partial charge in [-0.25, -0.2) is 4.98 Å². The van der Waals surface area contributed by atoms with Crippen LogP contribution in [0, 0.1) is 0 Å². The molecule has 2 atom stereocenters. The maximum Gasteiger partial charge on any atom is 0.433 e. The third kappa shape index (κ3) is 3.72. The van der Waals surface area contributed by atoms with Crippen LogP contribution in [0.5, 0.6) is 5.88 Å². The van der Waals surface area contributed by atoms with Crippen molar-refractivity contribution in [2.75, 3.05) is 12.8 Å². The highest BCUT2D eigenvalue weighted by atomic mass is 19.4. The summed E-state index contributed by atoms with van der Waals surface area (Å²) in [7, 11) is 1.61. The van der Waals surface area contributed by atoms with Crippen LogP contribution in [0.15, 0.2) is 6.07 Å². The van der Waals surface area contributed by atoms with E-state index in [-0.39, 0.29) is 18.1 Å². The van der Waals surface area contributed by atoms with Crippen molar-refractivity contribution < 1.29 is 22.6 Å². The van der Waals surface area contributed by atoms with Gasteiger partial charge in [-0.05, 0) is 19.3 Å². The molecule has 1 aliphatic rings. The van der Waals surface area contributed by atoms with E-state index in [0.29, 0.717) is 6.42 Å². The van der Waals surface area contributed by atoms with Gasteiger partial charge < -0.3 is 15.2 Å². The average molecular weight is 291 g/mol. The Kier molecular flexibility index (Phi) is 4.32. The second kappa shape index (κ2) is 5.82. The third-order valence-corrected chi connectivity index (χ3v) is 3.21. The first kappa shape index (κ1) is 14.8. The molecule has 1 aromatic rings. The van der Waals surface area contributed by atoms with Gasteiger partial charge in [0, 0.05) is 19.6 Å². The lowest BCUT2D eigenvalue weighted by Crippen LogP contribution is -2.30. The fraction of sp³-hybridized carbons (Fsp3) is 0.667. The molecule has 0 spiro atoms. The Hall–Kier alpha value is -1.57. The van der Waals surface area contributed by atoms with Crippen molar-refractivity contribution in [3.63, 3.8) is 0 Å². The van der Waals surface area contributed by atoms with E-state index in [9.17, 15) is 13.2 Å². The van der Waals surface area contributed by atoms with Gasteiger partial charge >= 0.3 is 6.18 Å². The van der Waals surface area contributed by atoms with Crippen LogP contribution in [0.2, 0.25) is 0 Å². The SMILES string of the molecule is COC1CCCC(Oc2cc(C(F)(F)F)nc(N)n2)C1. The topological polar surface area (TPSA) is 70.3 Å². The highest BCUT2D eigenvalue weighted by Crippen LogP contribution is 2.31. The first-order chi connectivity index (χ1) is 9.38. The molecule has 0 amide bonds. The molecule has 0 aromatic carbocycles. The summed E-state index contributed by atoms with van der Waals surface area (Å²) in [5, 5.41) is 0. The third-order valence-electron chi connectivity index (χ3n) is 3.21. The summed E-state index contributed by atoms with van der Waals surface area (Å²) in [5.41, 5.74) is 4.19. The van der Waals surface area contributed by atoms with Crippen molar-refractivity contribution in [2.24, 2.45) is 0 Å². The molecule has 2 N–H and O–H groups in total. The van der Waals surface area contributed by atoms with E-state index in [1.807, 2.05) is 0 Å². The maximum atomic E-state index is 12.6. The molecule has 5 nitrogen and oxygen atoms in total. The predicted molar refractivity (Wildman–Crippen MR) is 65.1 cm³/mol. The van der Waals surface area contributed by atoms with Gasteiger partial charge in [-0.1, -0.05) is 0 Å². The van der Waals surface area contributed by atoms with Crippen LogP contribution in [0.1, 0.15) is 31.4 Å². The van der Waals surface area contributed by atoms with Crippen molar-refractivity contribution in [3.8, 4) is 5.88 Å². The van der Waals surface area contributed by atoms with E-state index >= 15 is 0 Å². The molecule has 1 aromatic heterocycles. The number of aromatic nitrogens is 2. The Bertz CT molecular complexity index is 468. The largest absolute Gasteiger partial charge is 0.474 e. The molecule has 1 aliphatic carbocycles. The monoisotopic (exact) mass is 291 g/mol. The molecular formula is C12H16F3N3O2. The van der Waals surface area contributed by atoms with Gasteiger partial charge in [0.1, 0.15) is 6.10 Å². The number of nitrogen functional groups attached to an aromatic ring is 1. The van der Waals surface area contributed by atoms with E-state index in [4.69, 9.17) is 15.2 Å². The maximum absolute atomic E-state index is 12.6. The number of alkyl halides is 3. The smallest absolute Gasteiger partial charge is 0.433 e. The van der Waals surface area contributed by atoms with Crippen LogP contribution in [0.4, 0.5) is 19.1 Å². The normalized spacial score (nSPS) is 23.6. The van der Waals surface area contributed by atoms with Gasteiger partial charge in [0.15, 0.2) is 5.69 Å². The highest BCUT2D eigenvalue weighted by Gasteiger charge is 2.34. The lowest BCUT2D eigenvalue weighted by molar-refractivity contribution is -0.141. The zero-order chi connectivity index (χ0) is 14.8. The van der Waals surface area contributed by atoms with Crippen molar-refractivity contribution in [3.05, 3.63) is 11.8 Å². The van der Waals surface area contributed by atoms with Crippen LogP contribution < -0.4 is 10.5 Å². The molecule has 0 aliphatic heterocycles. The first-order valence-corrected chi connectivity index (χ1v) is 6.29. The van der Waals surface area contributed by atoms with Gasteiger partial charge in [0.2, 0.25) is 11.8 Å². The number of nitrogens with two attached hydrogens (primary N) is 1. The quantitative estimate of drug-likeness (QED) is 0.926. The van der Waals surface area contributed by atoms with Crippen LogP contribution in [-0.2, 0) is 10.9 Å². The summed E-state index contributed by atoms with van der Waals surface area (Å²) in [6, 6.07) is 0.771. The van der Waals surface area contributed by atoms with Gasteiger partial charge in [-0.2, -0.15) is 18.2 Å². The molecule has 20 heavy (non-hydrogen) atoms. The summed E-state index contributed by atoms with van der Waals surface area (Å²) < 4.78 is 48.6. The van der Waals surface area contributed by atoms with E-state index in [1.54, 1.807) is 7.11 Å². The summed E-state index contributed by atoms with van der Waals surface area (Å²) in [4.78, 5) is 6.86. The van der Waals surface area contributed by atoms with Gasteiger partial charge in [0.25, 0.3) is 0 Å². The lowest BCUT2D eigenvalue weighted by Gasteiger charge is -2.28. The second-order valence-electron chi connectivity index (χ2n) is 4.71. The van der Waals surface area contributed by atoms with Gasteiger partial charge in [-0.3, -0.25) is 0 Å². The molecule has 2 rings (SSSR count).